The van der Waals surface area contributed by atoms with Crippen molar-refractivity contribution in [3.05, 3.63) is 60.8 Å². The summed E-state index contributed by atoms with van der Waals surface area (Å²) in [5.41, 5.74) is 4.60. The van der Waals surface area contributed by atoms with E-state index in [0.717, 1.165) is 75.9 Å². The Hall–Kier alpha value is -4.44. The molecule has 186 valence electrons. The predicted octanol–water partition coefficient (Wildman–Crippen LogP) is 3.93. The molecule has 10 nitrogen and oxygen atoms in total. The Labute approximate surface area is 213 Å². The van der Waals surface area contributed by atoms with Crippen molar-refractivity contribution in [1.82, 2.24) is 29.8 Å². The van der Waals surface area contributed by atoms with Crippen LogP contribution in [0.1, 0.15) is 5.56 Å². The molecule has 5 heterocycles. The summed E-state index contributed by atoms with van der Waals surface area (Å²) in [6, 6.07) is 12.2. The van der Waals surface area contributed by atoms with E-state index in [1.807, 2.05) is 54.9 Å². The molecule has 2 aliphatic heterocycles. The summed E-state index contributed by atoms with van der Waals surface area (Å²) in [4.78, 5) is 20.5. The first kappa shape index (κ1) is 21.8. The van der Waals surface area contributed by atoms with E-state index in [0.29, 0.717) is 12.4 Å². The number of anilines is 3. The summed E-state index contributed by atoms with van der Waals surface area (Å²) in [6.45, 7) is 5.33. The van der Waals surface area contributed by atoms with Gasteiger partial charge < -0.3 is 29.6 Å². The van der Waals surface area contributed by atoms with Crippen molar-refractivity contribution in [1.29, 1.82) is 0 Å². The van der Waals surface area contributed by atoms with E-state index in [4.69, 9.17) is 14.5 Å². The molecule has 3 aromatic heterocycles. The van der Waals surface area contributed by atoms with Crippen molar-refractivity contribution < 1.29 is 9.47 Å². The molecule has 2 aliphatic rings. The molecule has 7 rings (SSSR count). The van der Waals surface area contributed by atoms with Crippen LogP contribution in [0.25, 0.3) is 21.9 Å². The van der Waals surface area contributed by atoms with E-state index in [9.17, 15) is 0 Å². The highest BCUT2D eigenvalue weighted by Gasteiger charge is 2.33. The van der Waals surface area contributed by atoms with Crippen molar-refractivity contribution in [2.45, 2.75) is 13.0 Å². The minimum atomic E-state index is 0.279. The van der Waals surface area contributed by atoms with E-state index in [-0.39, 0.29) is 6.04 Å². The first-order valence-electron chi connectivity index (χ1n) is 12.3. The molecule has 0 saturated carbocycles. The normalized spacial score (nSPS) is 16.8. The van der Waals surface area contributed by atoms with Crippen molar-refractivity contribution in [3.63, 3.8) is 0 Å². The van der Waals surface area contributed by atoms with Gasteiger partial charge in [0, 0.05) is 38.4 Å². The number of rotatable bonds is 4. The lowest BCUT2D eigenvalue weighted by molar-refractivity contribution is 0.247. The minimum Gasteiger partial charge on any atom is -0.487 e. The van der Waals surface area contributed by atoms with Crippen molar-refractivity contribution in [3.8, 4) is 17.2 Å². The molecular formula is C27H26N8O2. The number of aryl methyl sites for hydroxylation is 2. The second-order valence-electron chi connectivity index (χ2n) is 9.47. The molecule has 0 radical (unpaired) electrons. The number of aromatic nitrogens is 5. The van der Waals surface area contributed by atoms with Crippen molar-refractivity contribution >= 4 is 39.3 Å². The fourth-order valence-corrected chi connectivity index (χ4v) is 5.10. The summed E-state index contributed by atoms with van der Waals surface area (Å²) in [6.07, 6.45) is 5.15. The molecule has 0 amide bonds. The third-order valence-corrected chi connectivity index (χ3v) is 7.02. The first-order valence-corrected chi connectivity index (χ1v) is 12.3. The lowest BCUT2D eigenvalue weighted by Crippen LogP contribution is -2.56. The van der Waals surface area contributed by atoms with Crippen molar-refractivity contribution in [2.24, 2.45) is 7.05 Å². The third kappa shape index (κ3) is 3.77. The Morgan fingerprint density at radius 3 is 2.95 bits per heavy atom. The van der Waals surface area contributed by atoms with Crippen LogP contribution in [0, 0.1) is 6.92 Å². The maximum absolute atomic E-state index is 6.24. The van der Waals surface area contributed by atoms with Crippen LogP contribution in [-0.2, 0) is 7.05 Å². The van der Waals surface area contributed by atoms with Gasteiger partial charge in [-0.1, -0.05) is 0 Å². The second-order valence-corrected chi connectivity index (χ2v) is 9.47. The molecule has 10 heteroatoms. The summed E-state index contributed by atoms with van der Waals surface area (Å²) >= 11 is 0. The molecular weight excluding hydrogens is 468 g/mol. The molecule has 2 N–H and O–H groups in total. The second kappa shape index (κ2) is 8.59. The zero-order valence-corrected chi connectivity index (χ0v) is 20.6. The maximum Gasteiger partial charge on any atom is 0.175 e. The van der Waals surface area contributed by atoms with Crippen LogP contribution in [0.3, 0.4) is 0 Å². The topological polar surface area (TPSA) is 102 Å². The number of ether oxygens (including phenoxy) is 2. The Morgan fingerprint density at radius 1 is 1.08 bits per heavy atom. The maximum atomic E-state index is 6.24. The summed E-state index contributed by atoms with van der Waals surface area (Å²) < 4.78 is 14.4. The highest BCUT2D eigenvalue weighted by molar-refractivity contribution is 5.98. The summed E-state index contributed by atoms with van der Waals surface area (Å²) in [5, 5.41) is 7.74. The van der Waals surface area contributed by atoms with Crippen LogP contribution in [0.5, 0.6) is 17.2 Å². The molecule has 1 saturated heterocycles. The lowest BCUT2D eigenvalue weighted by Gasteiger charge is -2.41. The summed E-state index contributed by atoms with van der Waals surface area (Å²) in [7, 11) is 1.98. The SMILES string of the molecule is Cc1cc(Nc2ncnc3cnc4c(c23)OC[C@H]2CNCCN42)ccc1Oc1ccc2c(c1)ncn2C. The predicted molar refractivity (Wildman–Crippen MR) is 142 cm³/mol. The van der Waals surface area contributed by atoms with E-state index >= 15 is 0 Å². The molecule has 0 spiro atoms. The van der Waals surface area contributed by atoms with E-state index < -0.39 is 0 Å². The van der Waals surface area contributed by atoms with Gasteiger partial charge in [-0.25, -0.2) is 19.9 Å². The molecule has 0 unspecified atom stereocenters. The molecule has 1 atom stereocenters. The average molecular weight is 495 g/mol. The van der Waals surface area contributed by atoms with Gasteiger partial charge >= 0.3 is 0 Å². The quantitative estimate of drug-likeness (QED) is 0.385. The highest BCUT2D eigenvalue weighted by Crippen LogP contribution is 2.41. The van der Waals surface area contributed by atoms with Gasteiger partial charge in [0.25, 0.3) is 0 Å². The van der Waals surface area contributed by atoms with Gasteiger partial charge in [-0.15, -0.1) is 0 Å². The molecule has 5 aromatic rings. The average Bonchev–Trinajstić information content (AvgIpc) is 3.29. The number of nitrogens with one attached hydrogen (secondary N) is 2. The minimum absolute atomic E-state index is 0.279. The van der Waals surface area contributed by atoms with Crippen LogP contribution in [0.4, 0.5) is 17.3 Å². The number of piperazine rings is 1. The van der Waals surface area contributed by atoms with Crippen LogP contribution in [-0.4, -0.2) is 56.8 Å². The number of imidazole rings is 1. The van der Waals surface area contributed by atoms with E-state index in [1.54, 1.807) is 18.9 Å². The van der Waals surface area contributed by atoms with Crippen LogP contribution >= 0.6 is 0 Å². The van der Waals surface area contributed by atoms with Gasteiger partial charge in [-0.2, -0.15) is 0 Å². The van der Waals surface area contributed by atoms with Crippen LogP contribution < -0.4 is 25.0 Å². The van der Waals surface area contributed by atoms with Gasteiger partial charge in [0.15, 0.2) is 11.6 Å². The zero-order valence-electron chi connectivity index (χ0n) is 20.6. The van der Waals surface area contributed by atoms with Crippen molar-refractivity contribution in [2.75, 3.05) is 36.5 Å². The fraction of sp³-hybridized carbons (Fsp3) is 0.259. The standard InChI is InChI=1S/C27H26N8O2/c1-16-9-17(3-6-23(16)37-19-4-5-22-20(10-19)32-15-34(22)2)33-26-24-21(30-14-31-26)12-29-27-25(24)36-13-18-11-28-7-8-35(18)27/h3-6,9-10,12,14-15,18,28H,7-8,11,13H2,1-2H3,(H,30,31,33)/t18-/m1/s1. The Morgan fingerprint density at radius 2 is 2.03 bits per heavy atom. The Kier molecular flexibility index (Phi) is 5.07. The van der Waals surface area contributed by atoms with Gasteiger partial charge in [0.05, 0.1) is 40.5 Å². The Bertz CT molecular complexity index is 1650. The molecule has 2 aromatic carbocycles. The lowest BCUT2D eigenvalue weighted by atomic mass is 10.1. The van der Waals surface area contributed by atoms with Gasteiger partial charge in [0.2, 0.25) is 0 Å². The number of hydrogen-bond acceptors (Lipinski definition) is 9. The van der Waals surface area contributed by atoms with Crippen LogP contribution in [0.2, 0.25) is 0 Å². The highest BCUT2D eigenvalue weighted by atomic mass is 16.5. The van der Waals surface area contributed by atoms with Gasteiger partial charge in [-0.05, 0) is 42.8 Å². The number of pyridine rings is 1. The molecule has 1 fully saturated rings. The van der Waals surface area contributed by atoms with Gasteiger partial charge in [0.1, 0.15) is 30.3 Å². The van der Waals surface area contributed by atoms with Gasteiger partial charge in [-0.3, -0.25) is 0 Å². The largest absolute Gasteiger partial charge is 0.487 e. The molecule has 0 bridgehead atoms. The number of fused-ring (bicyclic) bond motifs is 6. The van der Waals surface area contributed by atoms with E-state index in [1.165, 1.54) is 0 Å². The first-order chi connectivity index (χ1) is 18.1. The smallest absolute Gasteiger partial charge is 0.175 e. The summed E-state index contributed by atoms with van der Waals surface area (Å²) in [5.74, 6) is 3.81. The van der Waals surface area contributed by atoms with E-state index in [2.05, 4.69) is 30.5 Å². The molecule has 37 heavy (non-hydrogen) atoms. The fourth-order valence-electron chi connectivity index (χ4n) is 5.10. The van der Waals surface area contributed by atoms with Crippen LogP contribution in [0.15, 0.2) is 55.2 Å². The number of benzene rings is 2. The number of hydrogen-bond donors (Lipinski definition) is 2. The monoisotopic (exact) mass is 494 g/mol. The third-order valence-electron chi connectivity index (χ3n) is 7.02. The molecule has 0 aliphatic carbocycles. The Balaban J connectivity index is 1.19. The number of nitrogens with zero attached hydrogens (tertiary/aromatic N) is 6. The zero-order chi connectivity index (χ0) is 24.9.